The van der Waals surface area contributed by atoms with Gasteiger partial charge in [0.25, 0.3) is 0 Å². The van der Waals surface area contributed by atoms with Crippen LogP contribution >= 0.6 is 0 Å². The number of hydrogen-bond acceptors (Lipinski definition) is 1. The van der Waals surface area contributed by atoms with Gasteiger partial charge in [-0.25, -0.2) is 0 Å². The van der Waals surface area contributed by atoms with Crippen molar-refractivity contribution in [2.24, 2.45) is 10.8 Å². The van der Waals surface area contributed by atoms with Crippen molar-refractivity contribution < 1.29 is 4.79 Å². The maximum absolute atomic E-state index is 12.6. The predicted molar refractivity (Wildman–Crippen MR) is 102 cm³/mol. The first-order chi connectivity index (χ1) is 10.4. The summed E-state index contributed by atoms with van der Waals surface area (Å²) in [7, 11) is 4.28. The number of quaternary nitrogens is 1. The van der Waals surface area contributed by atoms with Crippen molar-refractivity contribution in [1.29, 1.82) is 0 Å². The van der Waals surface area contributed by atoms with Gasteiger partial charge in [0, 0.05) is 23.2 Å². The molecule has 0 bridgehead atoms. The number of carbonyl (C=O) groups is 1. The molecule has 0 unspecified atom stereocenters. The Kier molecular flexibility index (Phi) is 5.81. The van der Waals surface area contributed by atoms with E-state index in [9.17, 15) is 4.79 Å². The topological polar surface area (TPSA) is 29.1 Å². The molecule has 0 saturated heterocycles. The average molecular weight is 317 g/mol. The van der Waals surface area contributed by atoms with E-state index in [0.717, 1.165) is 23.1 Å². The Hall–Kier alpha value is -1.61. The molecule has 1 N–H and O–H groups in total. The second kappa shape index (κ2) is 6.88. The molecule has 0 aromatic heterocycles. The van der Waals surface area contributed by atoms with E-state index < -0.39 is 5.41 Å². The van der Waals surface area contributed by atoms with E-state index in [4.69, 9.17) is 0 Å². The molecule has 0 fully saturated rings. The van der Waals surface area contributed by atoms with E-state index in [1.54, 1.807) is 0 Å². The zero-order chi connectivity index (χ0) is 17.9. The fraction of sp³-hybridized carbons (Fsp3) is 0.550. The Labute approximate surface area is 142 Å². The van der Waals surface area contributed by atoms with Crippen LogP contribution in [0.4, 0.5) is 11.4 Å². The van der Waals surface area contributed by atoms with Crippen LogP contribution in [0, 0.1) is 10.8 Å². The zero-order valence-electron chi connectivity index (χ0n) is 15.9. The molecule has 0 aliphatic heterocycles. The van der Waals surface area contributed by atoms with Crippen LogP contribution in [0.1, 0.15) is 41.0 Å². The normalized spacial score (nSPS) is 12.8. The Bertz CT molecular complexity index is 548. The van der Waals surface area contributed by atoms with Crippen molar-refractivity contribution in [2.75, 3.05) is 26.0 Å². The lowest BCUT2D eigenvalue weighted by Crippen LogP contribution is -2.40. The summed E-state index contributed by atoms with van der Waals surface area (Å²) >= 11 is 0. The van der Waals surface area contributed by atoms with Crippen LogP contribution in [-0.4, -0.2) is 26.5 Å². The van der Waals surface area contributed by atoms with E-state index in [2.05, 4.69) is 58.9 Å². The SMILES string of the molecule is C=CC[N+](C)(C)c1ccc(NC(=O)C(C)(C)CC(C)(C)C)cc1. The average Bonchev–Trinajstić information content (AvgIpc) is 2.36. The number of carbonyl (C=O) groups excluding carboxylic acids is 1. The Balaban J connectivity index is 2.82. The quantitative estimate of drug-likeness (QED) is 0.590. The van der Waals surface area contributed by atoms with Gasteiger partial charge in [-0.1, -0.05) is 41.2 Å². The van der Waals surface area contributed by atoms with Crippen molar-refractivity contribution in [3.63, 3.8) is 0 Å². The maximum atomic E-state index is 12.6. The van der Waals surface area contributed by atoms with Gasteiger partial charge in [-0.2, -0.15) is 0 Å². The second-order valence-corrected chi connectivity index (χ2v) is 8.78. The molecule has 0 radical (unpaired) electrons. The predicted octanol–water partition coefficient (Wildman–Crippen LogP) is 4.84. The molecular weight excluding hydrogens is 284 g/mol. The summed E-state index contributed by atoms with van der Waals surface area (Å²) in [5, 5.41) is 3.05. The molecule has 0 atom stereocenters. The minimum absolute atomic E-state index is 0.0695. The zero-order valence-corrected chi connectivity index (χ0v) is 15.9. The number of hydrogen-bond donors (Lipinski definition) is 1. The summed E-state index contributed by atoms with van der Waals surface area (Å²) in [5.74, 6) is 0.0695. The third-order valence-electron chi connectivity index (χ3n) is 4.00. The second-order valence-electron chi connectivity index (χ2n) is 8.78. The molecule has 128 valence electrons. The number of amides is 1. The Morgan fingerprint density at radius 2 is 1.65 bits per heavy atom. The minimum atomic E-state index is -0.394. The number of nitrogens with zero attached hydrogens (tertiary/aromatic N) is 1. The van der Waals surface area contributed by atoms with Gasteiger partial charge in [-0.05, 0) is 30.0 Å². The van der Waals surface area contributed by atoms with Crippen LogP contribution in [0.3, 0.4) is 0 Å². The number of nitrogens with one attached hydrogen (secondary N) is 1. The summed E-state index contributed by atoms with van der Waals surface area (Å²) in [6.07, 6.45) is 2.76. The van der Waals surface area contributed by atoms with Gasteiger partial charge >= 0.3 is 0 Å². The lowest BCUT2D eigenvalue weighted by atomic mass is 9.75. The van der Waals surface area contributed by atoms with Gasteiger partial charge in [0.2, 0.25) is 5.91 Å². The van der Waals surface area contributed by atoms with Gasteiger partial charge in [-0.3, -0.25) is 9.28 Å². The molecule has 1 rings (SSSR count). The summed E-state index contributed by atoms with van der Waals surface area (Å²) in [4.78, 5) is 12.6. The summed E-state index contributed by atoms with van der Waals surface area (Å²) in [6.45, 7) is 15.2. The number of likely N-dealkylation sites (N-methyl/N-ethyl adjacent to an activating group) is 1. The standard InChI is InChI=1S/C20H32N2O/c1-9-14-22(7,8)17-12-10-16(11-13-17)21-18(23)20(5,6)15-19(2,3)4/h9-13H,1,14-15H2,2-8H3/p+1. The summed E-state index contributed by atoms with van der Waals surface area (Å²) in [5.41, 5.74) is 1.77. The molecule has 23 heavy (non-hydrogen) atoms. The van der Waals surface area contributed by atoms with Gasteiger partial charge in [0.05, 0.1) is 14.1 Å². The highest BCUT2D eigenvalue weighted by molar-refractivity contribution is 5.94. The van der Waals surface area contributed by atoms with Crippen LogP contribution in [0.15, 0.2) is 36.9 Å². The number of benzene rings is 1. The lowest BCUT2D eigenvalue weighted by Gasteiger charge is -2.31. The highest BCUT2D eigenvalue weighted by Crippen LogP contribution is 2.34. The largest absolute Gasteiger partial charge is 0.326 e. The Morgan fingerprint density at radius 3 is 2.09 bits per heavy atom. The van der Waals surface area contributed by atoms with E-state index in [1.165, 1.54) is 5.69 Å². The first kappa shape index (κ1) is 19.4. The number of anilines is 1. The molecular formula is C20H33N2O+. The van der Waals surface area contributed by atoms with Crippen LogP contribution in [0.2, 0.25) is 0 Å². The summed E-state index contributed by atoms with van der Waals surface area (Å²) in [6, 6.07) is 8.08. The first-order valence-corrected chi connectivity index (χ1v) is 8.23. The third kappa shape index (κ3) is 5.83. The summed E-state index contributed by atoms with van der Waals surface area (Å²) < 4.78 is 0.743. The molecule has 0 saturated carbocycles. The van der Waals surface area contributed by atoms with Gasteiger partial charge in [0.15, 0.2) is 0 Å². The van der Waals surface area contributed by atoms with Crippen LogP contribution in [0.25, 0.3) is 0 Å². The molecule has 0 spiro atoms. The minimum Gasteiger partial charge on any atom is -0.326 e. The maximum Gasteiger partial charge on any atom is 0.230 e. The van der Waals surface area contributed by atoms with Crippen molar-refractivity contribution in [2.45, 2.75) is 41.0 Å². The molecule has 0 aliphatic carbocycles. The highest BCUT2D eigenvalue weighted by Gasteiger charge is 2.32. The first-order valence-electron chi connectivity index (χ1n) is 8.23. The molecule has 0 aliphatic rings. The van der Waals surface area contributed by atoms with Crippen LogP contribution < -0.4 is 9.80 Å². The van der Waals surface area contributed by atoms with Crippen molar-refractivity contribution in [3.8, 4) is 0 Å². The van der Waals surface area contributed by atoms with Crippen LogP contribution in [0.5, 0.6) is 0 Å². The molecule has 1 aromatic rings. The van der Waals surface area contributed by atoms with Crippen molar-refractivity contribution in [3.05, 3.63) is 36.9 Å². The van der Waals surface area contributed by atoms with Gasteiger partial charge < -0.3 is 5.32 Å². The molecule has 1 aromatic carbocycles. The monoisotopic (exact) mass is 317 g/mol. The van der Waals surface area contributed by atoms with E-state index >= 15 is 0 Å². The smallest absolute Gasteiger partial charge is 0.230 e. The lowest BCUT2D eigenvalue weighted by molar-refractivity contribution is -0.125. The van der Waals surface area contributed by atoms with E-state index in [1.807, 2.05) is 32.1 Å². The van der Waals surface area contributed by atoms with Gasteiger partial charge in [0.1, 0.15) is 12.2 Å². The van der Waals surface area contributed by atoms with E-state index in [-0.39, 0.29) is 11.3 Å². The van der Waals surface area contributed by atoms with Crippen molar-refractivity contribution >= 4 is 17.3 Å². The van der Waals surface area contributed by atoms with Gasteiger partial charge in [-0.15, -0.1) is 0 Å². The van der Waals surface area contributed by atoms with E-state index in [0.29, 0.717) is 0 Å². The molecule has 3 nitrogen and oxygen atoms in total. The fourth-order valence-corrected chi connectivity index (χ4v) is 3.08. The Morgan fingerprint density at radius 1 is 1.13 bits per heavy atom. The highest BCUT2D eigenvalue weighted by atomic mass is 16.2. The molecule has 1 amide bonds. The third-order valence-corrected chi connectivity index (χ3v) is 4.00. The van der Waals surface area contributed by atoms with Crippen LogP contribution in [-0.2, 0) is 4.79 Å². The molecule has 0 heterocycles. The number of rotatable bonds is 6. The molecule has 3 heteroatoms. The van der Waals surface area contributed by atoms with Crippen molar-refractivity contribution in [1.82, 2.24) is 4.48 Å². The fourth-order valence-electron chi connectivity index (χ4n) is 3.08.